The number of benzene rings is 1. The zero-order valence-corrected chi connectivity index (χ0v) is 12.9. The minimum absolute atomic E-state index is 0.557. The fraction of sp³-hybridized carbons (Fsp3) is 0.312. The third-order valence-corrected chi connectivity index (χ3v) is 3.72. The lowest BCUT2D eigenvalue weighted by atomic mass is 10.2. The molecule has 21 heavy (non-hydrogen) atoms. The van der Waals surface area contributed by atoms with Crippen molar-refractivity contribution < 1.29 is 0 Å². The number of alkyl halides is 1. The second kappa shape index (κ2) is 5.82. The van der Waals surface area contributed by atoms with Crippen molar-refractivity contribution >= 4 is 22.6 Å². The smallest absolute Gasteiger partial charge is 0.111 e. The molecule has 1 aromatic carbocycles. The van der Waals surface area contributed by atoms with Crippen molar-refractivity contribution in [2.24, 2.45) is 0 Å². The monoisotopic (exact) mass is 300 g/mol. The largest absolute Gasteiger partial charge is 0.322 e. The van der Waals surface area contributed by atoms with Crippen molar-refractivity contribution in [3.05, 3.63) is 53.4 Å². The zero-order chi connectivity index (χ0) is 14.8. The predicted octanol–water partition coefficient (Wildman–Crippen LogP) is 3.27. The summed E-state index contributed by atoms with van der Waals surface area (Å²) in [6.07, 6.45) is 4.36. The van der Waals surface area contributed by atoms with Gasteiger partial charge in [-0.1, -0.05) is 12.1 Å². The maximum absolute atomic E-state index is 5.92. The fourth-order valence-corrected chi connectivity index (χ4v) is 2.62. The Morgan fingerprint density at radius 2 is 2.00 bits per heavy atom. The van der Waals surface area contributed by atoms with E-state index in [1.54, 1.807) is 6.20 Å². The highest BCUT2D eigenvalue weighted by molar-refractivity contribution is 6.17. The minimum Gasteiger partial charge on any atom is -0.322 e. The van der Waals surface area contributed by atoms with Crippen LogP contribution in [0.3, 0.4) is 0 Å². The lowest BCUT2D eigenvalue weighted by Crippen LogP contribution is -2.07. The van der Waals surface area contributed by atoms with Gasteiger partial charge in [-0.05, 0) is 25.5 Å². The summed E-state index contributed by atoms with van der Waals surface area (Å²) in [5.41, 5.74) is 5.19. The van der Waals surface area contributed by atoms with Gasteiger partial charge in [0.1, 0.15) is 5.82 Å². The van der Waals surface area contributed by atoms with Gasteiger partial charge in [-0.3, -0.25) is 9.97 Å². The number of imidazole rings is 1. The molecule has 5 heteroatoms. The average molecular weight is 301 g/mol. The van der Waals surface area contributed by atoms with Gasteiger partial charge in [0.25, 0.3) is 0 Å². The van der Waals surface area contributed by atoms with Crippen molar-refractivity contribution in [3.8, 4) is 0 Å². The number of halogens is 1. The number of para-hydroxylation sites is 1. The number of aryl methyl sites for hydroxylation is 3. The van der Waals surface area contributed by atoms with Crippen molar-refractivity contribution in [1.29, 1.82) is 0 Å². The van der Waals surface area contributed by atoms with E-state index in [0.717, 1.165) is 34.7 Å². The van der Waals surface area contributed by atoms with Crippen LogP contribution in [-0.2, 0) is 13.0 Å². The first-order valence-corrected chi connectivity index (χ1v) is 7.50. The van der Waals surface area contributed by atoms with Crippen molar-refractivity contribution in [1.82, 2.24) is 19.5 Å². The fourth-order valence-electron chi connectivity index (χ4n) is 2.45. The van der Waals surface area contributed by atoms with E-state index in [-0.39, 0.29) is 0 Å². The number of hydrogen-bond donors (Lipinski definition) is 0. The molecule has 3 aromatic rings. The van der Waals surface area contributed by atoms with Gasteiger partial charge in [0, 0.05) is 18.5 Å². The average Bonchev–Trinajstić information content (AvgIpc) is 2.82. The van der Waals surface area contributed by atoms with Crippen LogP contribution < -0.4 is 0 Å². The first kappa shape index (κ1) is 14.0. The number of fused-ring (bicyclic) bond motifs is 1. The molecular formula is C16H17ClN4. The van der Waals surface area contributed by atoms with E-state index in [4.69, 9.17) is 16.6 Å². The molecule has 0 N–H and O–H groups in total. The maximum Gasteiger partial charge on any atom is 0.111 e. The molecule has 0 saturated heterocycles. The molecule has 0 fully saturated rings. The van der Waals surface area contributed by atoms with E-state index in [1.165, 1.54) is 5.56 Å². The summed E-state index contributed by atoms with van der Waals surface area (Å²) in [4.78, 5) is 13.5. The highest BCUT2D eigenvalue weighted by Gasteiger charge is 2.12. The Morgan fingerprint density at radius 3 is 2.71 bits per heavy atom. The summed E-state index contributed by atoms with van der Waals surface area (Å²) in [7, 11) is 0. The Bertz CT molecular complexity index is 762. The van der Waals surface area contributed by atoms with Crippen LogP contribution >= 0.6 is 11.6 Å². The molecule has 0 unspecified atom stereocenters. The second-order valence-electron chi connectivity index (χ2n) is 5.14. The Balaban J connectivity index is 2.08. The quantitative estimate of drug-likeness (QED) is 0.695. The Labute approximate surface area is 128 Å². The molecule has 2 aromatic heterocycles. The topological polar surface area (TPSA) is 43.6 Å². The van der Waals surface area contributed by atoms with Crippen LogP contribution in [0.2, 0.25) is 0 Å². The van der Waals surface area contributed by atoms with Gasteiger partial charge in [-0.15, -0.1) is 11.6 Å². The number of nitrogens with zero attached hydrogens (tertiary/aromatic N) is 4. The molecule has 0 bridgehead atoms. The van der Waals surface area contributed by atoms with E-state index >= 15 is 0 Å². The standard InChI is InChI=1S/C16H17ClN4/c1-11-4-3-5-14-16(11)20-15(6-7-17)21(14)10-13-9-18-12(2)8-19-13/h3-5,8-9H,6-7,10H2,1-2H3. The third-order valence-electron chi connectivity index (χ3n) is 3.53. The summed E-state index contributed by atoms with van der Waals surface area (Å²) in [6, 6.07) is 6.23. The number of rotatable bonds is 4. The lowest BCUT2D eigenvalue weighted by molar-refractivity contribution is 0.732. The molecule has 0 spiro atoms. The molecule has 0 radical (unpaired) electrons. The van der Waals surface area contributed by atoms with Gasteiger partial charge in [0.05, 0.1) is 35.2 Å². The summed E-state index contributed by atoms with van der Waals surface area (Å²) >= 11 is 5.92. The SMILES string of the molecule is Cc1cnc(Cn2c(CCCl)nc3c(C)cccc32)cn1. The first-order valence-electron chi connectivity index (χ1n) is 6.97. The van der Waals surface area contributed by atoms with Gasteiger partial charge in [0.15, 0.2) is 0 Å². The zero-order valence-electron chi connectivity index (χ0n) is 12.2. The highest BCUT2D eigenvalue weighted by atomic mass is 35.5. The molecule has 2 heterocycles. The second-order valence-corrected chi connectivity index (χ2v) is 5.52. The van der Waals surface area contributed by atoms with Gasteiger partial charge < -0.3 is 4.57 Å². The number of aromatic nitrogens is 4. The van der Waals surface area contributed by atoms with E-state index < -0.39 is 0 Å². The van der Waals surface area contributed by atoms with Crippen LogP contribution in [0.1, 0.15) is 22.8 Å². The van der Waals surface area contributed by atoms with Gasteiger partial charge >= 0.3 is 0 Å². The van der Waals surface area contributed by atoms with Gasteiger partial charge in [-0.25, -0.2) is 4.98 Å². The number of hydrogen-bond acceptors (Lipinski definition) is 3. The maximum atomic E-state index is 5.92. The highest BCUT2D eigenvalue weighted by Crippen LogP contribution is 2.21. The molecule has 0 aliphatic carbocycles. The molecule has 0 amide bonds. The van der Waals surface area contributed by atoms with E-state index in [9.17, 15) is 0 Å². The molecule has 0 aliphatic rings. The summed E-state index contributed by atoms with van der Waals surface area (Å²) in [5, 5.41) is 0. The van der Waals surface area contributed by atoms with Crippen molar-refractivity contribution in [2.75, 3.05) is 5.88 Å². The first-order chi connectivity index (χ1) is 10.2. The van der Waals surface area contributed by atoms with E-state index in [2.05, 4.69) is 39.7 Å². The van der Waals surface area contributed by atoms with Crippen LogP contribution in [0.4, 0.5) is 0 Å². The lowest BCUT2D eigenvalue weighted by Gasteiger charge is -2.08. The minimum atomic E-state index is 0.557. The van der Waals surface area contributed by atoms with Crippen LogP contribution in [0.25, 0.3) is 11.0 Å². The summed E-state index contributed by atoms with van der Waals surface area (Å²) in [6.45, 7) is 4.68. The Morgan fingerprint density at radius 1 is 1.14 bits per heavy atom. The molecule has 0 saturated carbocycles. The molecular weight excluding hydrogens is 284 g/mol. The summed E-state index contributed by atoms with van der Waals surface area (Å²) in [5.74, 6) is 1.55. The summed E-state index contributed by atoms with van der Waals surface area (Å²) < 4.78 is 2.18. The van der Waals surface area contributed by atoms with Gasteiger partial charge in [0.2, 0.25) is 0 Å². The predicted molar refractivity (Wildman–Crippen MR) is 84.8 cm³/mol. The van der Waals surface area contributed by atoms with Crippen molar-refractivity contribution in [2.45, 2.75) is 26.8 Å². The Kier molecular flexibility index (Phi) is 3.88. The van der Waals surface area contributed by atoms with Crippen LogP contribution in [0.5, 0.6) is 0 Å². The third kappa shape index (κ3) is 2.76. The van der Waals surface area contributed by atoms with E-state index in [0.29, 0.717) is 12.4 Å². The normalized spacial score (nSPS) is 11.2. The van der Waals surface area contributed by atoms with Gasteiger partial charge in [-0.2, -0.15) is 0 Å². The molecule has 4 nitrogen and oxygen atoms in total. The van der Waals surface area contributed by atoms with E-state index in [1.807, 2.05) is 13.1 Å². The Hall–Kier alpha value is -1.94. The van der Waals surface area contributed by atoms with Crippen LogP contribution in [0, 0.1) is 13.8 Å². The van der Waals surface area contributed by atoms with Crippen LogP contribution in [0.15, 0.2) is 30.6 Å². The van der Waals surface area contributed by atoms with Crippen LogP contribution in [-0.4, -0.2) is 25.4 Å². The molecule has 108 valence electrons. The molecule has 0 atom stereocenters. The van der Waals surface area contributed by atoms with Crippen molar-refractivity contribution in [3.63, 3.8) is 0 Å². The molecule has 3 rings (SSSR count). The molecule has 0 aliphatic heterocycles.